The van der Waals surface area contributed by atoms with Gasteiger partial charge in [0.2, 0.25) is 0 Å². The number of anilines is 1. The Kier molecular flexibility index (Phi) is 6.47. The van der Waals surface area contributed by atoms with E-state index in [4.69, 9.17) is 4.74 Å². The van der Waals surface area contributed by atoms with E-state index in [2.05, 4.69) is 10.6 Å². The Bertz CT molecular complexity index is 923. The van der Waals surface area contributed by atoms with Crippen molar-refractivity contribution in [1.29, 1.82) is 0 Å². The van der Waals surface area contributed by atoms with Gasteiger partial charge in [-0.15, -0.1) is 11.3 Å². The Labute approximate surface area is 180 Å². The molecule has 0 saturated heterocycles. The van der Waals surface area contributed by atoms with E-state index in [1.165, 1.54) is 34.6 Å². The summed E-state index contributed by atoms with van der Waals surface area (Å²) in [7, 11) is 0. The first kappa shape index (κ1) is 20.6. The third-order valence-corrected chi connectivity index (χ3v) is 6.57. The molecule has 30 heavy (non-hydrogen) atoms. The molecular weight excluding hydrogens is 400 g/mol. The SMILES string of the molecule is O=C(COC(=O)c1cc2c(s1)CCCCCC2)Nc1cccc(C(=O)NC2CC2)c1. The van der Waals surface area contributed by atoms with E-state index in [9.17, 15) is 14.4 Å². The summed E-state index contributed by atoms with van der Waals surface area (Å²) >= 11 is 1.49. The summed E-state index contributed by atoms with van der Waals surface area (Å²) < 4.78 is 5.22. The summed E-state index contributed by atoms with van der Waals surface area (Å²) in [6.07, 6.45) is 8.82. The number of hydrogen-bond acceptors (Lipinski definition) is 5. The number of hydrogen-bond donors (Lipinski definition) is 2. The highest BCUT2D eigenvalue weighted by molar-refractivity contribution is 7.14. The molecule has 2 amide bonds. The van der Waals surface area contributed by atoms with Gasteiger partial charge in [-0.2, -0.15) is 0 Å². The van der Waals surface area contributed by atoms with Crippen LogP contribution in [0.3, 0.4) is 0 Å². The third-order valence-electron chi connectivity index (χ3n) is 5.35. The van der Waals surface area contributed by atoms with Crippen LogP contribution < -0.4 is 10.6 Å². The minimum atomic E-state index is -0.459. The monoisotopic (exact) mass is 426 g/mol. The topological polar surface area (TPSA) is 84.5 Å². The number of nitrogens with one attached hydrogen (secondary N) is 2. The van der Waals surface area contributed by atoms with Crippen LogP contribution in [0.4, 0.5) is 5.69 Å². The molecule has 1 fully saturated rings. The largest absolute Gasteiger partial charge is 0.451 e. The normalized spacial score (nSPS) is 16.0. The van der Waals surface area contributed by atoms with Crippen molar-refractivity contribution in [3.63, 3.8) is 0 Å². The Balaban J connectivity index is 1.30. The molecular formula is C23H26N2O4S. The fourth-order valence-electron chi connectivity index (χ4n) is 3.58. The van der Waals surface area contributed by atoms with Crippen molar-refractivity contribution in [2.45, 2.75) is 57.4 Å². The molecule has 0 bridgehead atoms. The molecule has 1 aromatic heterocycles. The quantitative estimate of drug-likeness (QED) is 0.681. The predicted molar refractivity (Wildman–Crippen MR) is 116 cm³/mol. The number of thiophene rings is 1. The zero-order valence-electron chi connectivity index (χ0n) is 16.9. The van der Waals surface area contributed by atoms with E-state index < -0.39 is 11.9 Å². The summed E-state index contributed by atoms with van der Waals surface area (Å²) in [6.45, 7) is -0.361. The van der Waals surface area contributed by atoms with Crippen LogP contribution in [0.5, 0.6) is 0 Å². The number of rotatable bonds is 6. The molecule has 1 aromatic carbocycles. The number of carbonyl (C=O) groups is 3. The Morgan fingerprint density at radius 2 is 1.83 bits per heavy atom. The highest BCUT2D eigenvalue weighted by Gasteiger charge is 2.24. The lowest BCUT2D eigenvalue weighted by atomic mass is 10.00. The number of aryl methyl sites for hydroxylation is 2. The van der Waals surface area contributed by atoms with Crippen molar-refractivity contribution < 1.29 is 19.1 Å². The van der Waals surface area contributed by atoms with E-state index in [0.29, 0.717) is 16.1 Å². The second kappa shape index (κ2) is 9.43. The molecule has 0 spiro atoms. The van der Waals surface area contributed by atoms with Gasteiger partial charge in [0.05, 0.1) is 0 Å². The standard InChI is InChI=1S/C23H26N2O4S/c26-21(24-18-8-5-7-16(12-18)22(27)25-17-10-11-17)14-29-23(28)20-13-15-6-3-1-2-4-9-19(15)30-20/h5,7-8,12-13,17H,1-4,6,9-11,14H2,(H,24,26)(H,25,27). The van der Waals surface area contributed by atoms with Crippen LogP contribution in [-0.4, -0.2) is 30.4 Å². The summed E-state index contributed by atoms with van der Waals surface area (Å²) in [5, 5.41) is 5.60. The summed E-state index contributed by atoms with van der Waals surface area (Å²) in [4.78, 5) is 38.6. The van der Waals surface area contributed by atoms with E-state index >= 15 is 0 Å². The van der Waals surface area contributed by atoms with E-state index in [1.54, 1.807) is 24.3 Å². The summed E-state index contributed by atoms with van der Waals surface area (Å²) in [5.41, 5.74) is 2.24. The van der Waals surface area contributed by atoms with Crippen molar-refractivity contribution >= 4 is 34.8 Å². The maximum atomic E-state index is 12.4. The molecule has 2 N–H and O–H groups in total. The van der Waals surface area contributed by atoms with Crippen molar-refractivity contribution in [2.24, 2.45) is 0 Å². The zero-order valence-corrected chi connectivity index (χ0v) is 17.7. The van der Waals surface area contributed by atoms with Crippen molar-refractivity contribution in [3.8, 4) is 0 Å². The van der Waals surface area contributed by atoms with Crippen LogP contribution in [0.1, 0.15) is 69.0 Å². The average Bonchev–Trinajstić information content (AvgIpc) is 3.45. The van der Waals surface area contributed by atoms with Gasteiger partial charge in [-0.05, 0) is 68.4 Å². The molecule has 4 rings (SSSR count). The van der Waals surface area contributed by atoms with Gasteiger partial charge in [-0.25, -0.2) is 4.79 Å². The molecule has 1 saturated carbocycles. The van der Waals surface area contributed by atoms with E-state index in [1.807, 2.05) is 6.07 Å². The molecule has 6 nitrogen and oxygen atoms in total. The second-order valence-corrected chi connectivity index (χ2v) is 9.06. The first-order valence-electron chi connectivity index (χ1n) is 10.6. The van der Waals surface area contributed by atoms with E-state index in [-0.39, 0.29) is 18.6 Å². The molecule has 2 aliphatic rings. The second-order valence-electron chi connectivity index (χ2n) is 7.93. The van der Waals surface area contributed by atoms with Crippen LogP contribution in [0.15, 0.2) is 30.3 Å². The fourth-order valence-corrected chi connectivity index (χ4v) is 4.73. The number of benzene rings is 1. The molecule has 0 unspecified atom stereocenters. The molecule has 158 valence electrons. The van der Waals surface area contributed by atoms with Crippen LogP contribution in [-0.2, 0) is 22.4 Å². The lowest BCUT2D eigenvalue weighted by Crippen LogP contribution is -2.25. The number of esters is 1. The van der Waals surface area contributed by atoms with E-state index in [0.717, 1.165) is 38.5 Å². The third kappa shape index (κ3) is 5.48. The molecule has 0 aliphatic heterocycles. The van der Waals surface area contributed by atoms with Gasteiger partial charge in [0.15, 0.2) is 6.61 Å². The highest BCUT2D eigenvalue weighted by atomic mass is 32.1. The van der Waals surface area contributed by atoms with Crippen LogP contribution in [0.2, 0.25) is 0 Å². The number of fused-ring (bicyclic) bond motifs is 1. The van der Waals surface area contributed by atoms with Gasteiger partial charge < -0.3 is 15.4 Å². The lowest BCUT2D eigenvalue weighted by Gasteiger charge is -2.08. The average molecular weight is 427 g/mol. The molecule has 0 atom stereocenters. The first-order chi connectivity index (χ1) is 14.6. The predicted octanol–water partition coefficient (Wildman–Crippen LogP) is 4.09. The minimum absolute atomic E-state index is 0.145. The Hall–Kier alpha value is -2.67. The van der Waals surface area contributed by atoms with Crippen LogP contribution >= 0.6 is 11.3 Å². The van der Waals surface area contributed by atoms with Gasteiger partial charge in [0.1, 0.15) is 4.88 Å². The van der Waals surface area contributed by atoms with Crippen molar-refractivity contribution in [2.75, 3.05) is 11.9 Å². The smallest absolute Gasteiger partial charge is 0.348 e. The van der Waals surface area contributed by atoms with Crippen LogP contribution in [0, 0.1) is 0 Å². The lowest BCUT2D eigenvalue weighted by molar-refractivity contribution is -0.119. The number of amides is 2. The maximum absolute atomic E-state index is 12.4. The molecule has 1 heterocycles. The van der Waals surface area contributed by atoms with Gasteiger partial charge in [-0.1, -0.05) is 18.9 Å². The van der Waals surface area contributed by atoms with Crippen molar-refractivity contribution in [3.05, 3.63) is 51.2 Å². The van der Waals surface area contributed by atoms with Gasteiger partial charge >= 0.3 is 5.97 Å². The molecule has 2 aliphatic carbocycles. The fraction of sp³-hybridized carbons (Fsp3) is 0.435. The molecule has 7 heteroatoms. The van der Waals surface area contributed by atoms with Gasteiger partial charge in [-0.3, -0.25) is 9.59 Å². The van der Waals surface area contributed by atoms with Gasteiger partial charge in [0, 0.05) is 22.2 Å². The van der Waals surface area contributed by atoms with Crippen LogP contribution in [0.25, 0.3) is 0 Å². The highest BCUT2D eigenvalue weighted by Crippen LogP contribution is 2.29. The van der Waals surface area contributed by atoms with Crippen molar-refractivity contribution in [1.82, 2.24) is 5.32 Å². The zero-order chi connectivity index (χ0) is 20.9. The summed E-state index contributed by atoms with van der Waals surface area (Å²) in [6, 6.07) is 8.94. The van der Waals surface area contributed by atoms with Gasteiger partial charge in [0.25, 0.3) is 11.8 Å². The summed E-state index contributed by atoms with van der Waals surface area (Å²) in [5.74, 6) is -1.04. The molecule has 2 aromatic rings. The number of carbonyl (C=O) groups excluding carboxylic acids is 3. The maximum Gasteiger partial charge on any atom is 0.348 e. The Morgan fingerprint density at radius 3 is 2.63 bits per heavy atom. The number of ether oxygens (including phenoxy) is 1. The molecule has 0 radical (unpaired) electrons. The Morgan fingerprint density at radius 1 is 1.03 bits per heavy atom. The minimum Gasteiger partial charge on any atom is -0.451 e. The first-order valence-corrected chi connectivity index (χ1v) is 11.4.